The van der Waals surface area contributed by atoms with Crippen LogP contribution in [0.15, 0.2) is 6.20 Å². The zero-order valence-corrected chi connectivity index (χ0v) is 10.3. The van der Waals surface area contributed by atoms with E-state index in [1.165, 1.54) is 12.8 Å². The maximum atomic E-state index is 5.69. The molecule has 0 bridgehead atoms. The molecule has 1 aromatic heterocycles. The fraction of sp³-hybridized carbons (Fsp3) is 0.636. The van der Waals surface area contributed by atoms with Gasteiger partial charge in [-0.3, -0.25) is 0 Å². The van der Waals surface area contributed by atoms with Crippen LogP contribution in [-0.2, 0) is 0 Å². The lowest BCUT2D eigenvalue weighted by molar-refractivity contribution is 0.878. The molecule has 84 valence electrons. The van der Waals surface area contributed by atoms with E-state index in [-0.39, 0.29) is 0 Å². The molecule has 1 fully saturated rings. The van der Waals surface area contributed by atoms with Gasteiger partial charge >= 0.3 is 0 Å². The predicted molar refractivity (Wildman–Crippen MR) is 64.3 cm³/mol. The van der Waals surface area contributed by atoms with Crippen molar-refractivity contribution in [2.24, 2.45) is 5.92 Å². The number of rotatable bonds is 3. The second-order valence-electron chi connectivity index (χ2n) is 3.49. The molecule has 1 aromatic rings. The quantitative estimate of drug-likeness (QED) is 0.806. The minimum absolute atomic E-state index is 0.309. The molecule has 0 aliphatic heterocycles. The summed E-state index contributed by atoms with van der Waals surface area (Å²) < 4.78 is 0. The smallest absolute Gasteiger partial charge is 0.224 e. The van der Waals surface area contributed by atoms with Gasteiger partial charge in [-0.05, 0) is 37.3 Å². The van der Waals surface area contributed by atoms with Crippen LogP contribution in [0.1, 0.15) is 32.3 Å². The van der Waals surface area contributed by atoms with E-state index < -0.39 is 0 Å². The first-order valence-electron chi connectivity index (χ1n) is 5.48. The molecule has 0 aromatic carbocycles. The first-order valence-corrected chi connectivity index (χ1v) is 5.86. The lowest BCUT2D eigenvalue weighted by Gasteiger charge is -2.06. The van der Waals surface area contributed by atoms with Crippen LogP contribution >= 0.6 is 11.6 Å². The standard InChI is InChI=1S/C9H12ClN3.C2H6/c1-6-4-12-9(10)13-8(6)11-5-7-2-3-7;1-2/h4,7H,2-3,5H2,1H3,(H,11,12,13);1-2H3. The average molecular weight is 228 g/mol. The second-order valence-corrected chi connectivity index (χ2v) is 3.83. The number of hydrogen-bond donors (Lipinski definition) is 1. The maximum Gasteiger partial charge on any atom is 0.224 e. The van der Waals surface area contributed by atoms with E-state index in [4.69, 9.17) is 11.6 Å². The third kappa shape index (κ3) is 4.04. The van der Waals surface area contributed by atoms with Crippen molar-refractivity contribution in [3.05, 3.63) is 17.0 Å². The summed E-state index contributed by atoms with van der Waals surface area (Å²) in [4.78, 5) is 8.01. The molecular formula is C11H18ClN3. The largest absolute Gasteiger partial charge is 0.369 e. The lowest BCUT2D eigenvalue weighted by atomic mass is 10.3. The Morgan fingerprint density at radius 2 is 2.13 bits per heavy atom. The number of nitrogens with zero attached hydrogens (tertiary/aromatic N) is 2. The summed E-state index contributed by atoms with van der Waals surface area (Å²) in [6.07, 6.45) is 4.42. The van der Waals surface area contributed by atoms with Crippen molar-refractivity contribution in [2.45, 2.75) is 33.6 Å². The molecule has 1 aliphatic carbocycles. The Morgan fingerprint density at radius 1 is 1.47 bits per heavy atom. The Balaban J connectivity index is 0.000000531. The van der Waals surface area contributed by atoms with Crippen molar-refractivity contribution in [3.63, 3.8) is 0 Å². The van der Waals surface area contributed by atoms with Gasteiger partial charge in [0.25, 0.3) is 0 Å². The van der Waals surface area contributed by atoms with Crippen molar-refractivity contribution in [1.82, 2.24) is 9.97 Å². The highest BCUT2D eigenvalue weighted by Crippen LogP contribution is 2.29. The average Bonchev–Trinajstić information content (AvgIpc) is 3.06. The molecule has 15 heavy (non-hydrogen) atoms. The van der Waals surface area contributed by atoms with Crippen LogP contribution in [0.3, 0.4) is 0 Å². The lowest BCUT2D eigenvalue weighted by Crippen LogP contribution is -2.07. The molecule has 1 heterocycles. The molecule has 1 N–H and O–H groups in total. The Kier molecular flexibility index (Phi) is 4.82. The minimum Gasteiger partial charge on any atom is -0.369 e. The summed E-state index contributed by atoms with van der Waals surface area (Å²) in [5.41, 5.74) is 1.05. The Hall–Kier alpha value is -0.830. The van der Waals surface area contributed by atoms with E-state index in [2.05, 4.69) is 15.3 Å². The minimum atomic E-state index is 0.309. The van der Waals surface area contributed by atoms with E-state index in [1.807, 2.05) is 20.8 Å². The van der Waals surface area contributed by atoms with Gasteiger partial charge in [0.2, 0.25) is 5.28 Å². The third-order valence-corrected chi connectivity index (χ3v) is 2.38. The molecule has 1 saturated carbocycles. The van der Waals surface area contributed by atoms with Gasteiger partial charge in [0, 0.05) is 18.3 Å². The van der Waals surface area contributed by atoms with Gasteiger partial charge < -0.3 is 5.32 Å². The fourth-order valence-corrected chi connectivity index (χ4v) is 1.30. The predicted octanol–water partition coefficient (Wildman–Crippen LogP) is 3.29. The Morgan fingerprint density at radius 3 is 2.73 bits per heavy atom. The Bertz CT molecular complexity index is 311. The van der Waals surface area contributed by atoms with Gasteiger partial charge in [-0.15, -0.1) is 0 Å². The summed E-state index contributed by atoms with van der Waals surface area (Å²) in [5.74, 6) is 1.71. The molecule has 3 nitrogen and oxygen atoms in total. The van der Waals surface area contributed by atoms with Crippen molar-refractivity contribution < 1.29 is 0 Å². The van der Waals surface area contributed by atoms with Gasteiger partial charge in [-0.2, -0.15) is 0 Å². The van der Waals surface area contributed by atoms with Crippen LogP contribution in [0.5, 0.6) is 0 Å². The summed E-state index contributed by atoms with van der Waals surface area (Å²) in [6, 6.07) is 0. The molecule has 0 unspecified atom stereocenters. The molecule has 0 radical (unpaired) electrons. The van der Waals surface area contributed by atoms with E-state index in [0.29, 0.717) is 5.28 Å². The van der Waals surface area contributed by atoms with Crippen molar-refractivity contribution in [1.29, 1.82) is 0 Å². The van der Waals surface area contributed by atoms with Crippen LogP contribution in [-0.4, -0.2) is 16.5 Å². The van der Waals surface area contributed by atoms with Crippen LogP contribution in [0, 0.1) is 12.8 Å². The van der Waals surface area contributed by atoms with Gasteiger partial charge in [0.05, 0.1) is 0 Å². The summed E-state index contributed by atoms with van der Waals surface area (Å²) in [6.45, 7) is 6.99. The number of hydrogen-bond acceptors (Lipinski definition) is 3. The van der Waals surface area contributed by atoms with Gasteiger partial charge in [0.15, 0.2) is 0 Å². The number of anilines is 1. The summed E-state index contributed by atoms with van der Waals surface area (Å²) in [5, 5.41) is 3.59. The van der Waals surface area contributed by atoms with Gasteiger partial charge in [-0.25, -0.2) is 9.97 Å². The molecule has 0 spiro atoms. The number of nitrogens with one attached hydrogen (secondary N) is 1. The first-order chi connectivity index (χ1) is 7.25. The molecule has 1 aliphatic rings. The van der Waals surface area contributed by atoms with Crippen LogP contribution in [0.2, 0.25) is 5.28 Å². The van der Waals surface area contributed by atoms with E-state index in [9.17, 15) is 0 Å². The van der Waals surface area contributed by atoms with E-state index in [0.717, 1.165) is 23.8 Å². The van der Waals surface area contributed by atoms with Crippen molar-refractivity contribution >= 4 is 17.4 Å². The fourth-order valence-electron chi connectivity index (χ4n) is 1.16. The normalized spacial score (nSPS) is 14.1. The molecule has 2 rings (SSSR count). The second kappa shape index (κ2) is 5.91. The van der Waals surface area contributed by atoms with Crippen LogP contribution < -0.4 is 5.32 Å². The van der Waals surface area contributed by atoms with Crippen molar-refractivity contribution in [2.75, 3.05) is 11.9 Å². The third-order valence-electron chi connectivity index (χ3n) is 2.20. The van der Waals surface area contributed by atoms with Gasteiger partial charge in [0.1, 0.15) is 5.82 Å². The number of halogens is 1. The topological polar surface area (TPSA) is 37.8 Å². The van der Waals surface area contributed by atoms with Gasteiger partial charge in [-0.1, -0.05) is 13.8 Å². The molecular weight excluding hydrogens is 210 g/mol. The highest BCUT2D eigenvalue weighted by Gasteiger charge is 2.21. The zero-order valence-electron chi connectivity index (χ0n) is 9.55. The van der Waals surface area contributed by atoms with Crippen molar-refractivity contribution in [3.8, 4) is 0 Å². The Labute approximate surface area is 96.3 Å². The first kappa shape index (κ1) is 12.2. The maximum absolute atomic E-state index is 5.69. The van der Waals surface area contributed by atoms with E-state index in [1.54, 1.807) is 6.20 Å². The molecule has 0 atom stereocenters. The van der Waals surface area contributed by atoms with E-state index >= 15 is 0 Å². The molecule has 0 amide bonds. The highest BCUT2D eigenvalue weighted by atomic mass is 35.5. The summed E-state index contributed by atoms with van der Waals surface area (Å²) >= 11 is 5.69. The zero-order chi connectivity index (χ0) is 11.3. The highest BCUT2D eigenvalue weighted by molar-refractivity contribution is 6.28. The molecule has 4 heteroatoms. The van der Waals surface area contributed by atoms with Crippen LogP contribution in [0.4, 0.5) is 5.82 Å². The van der Waals surface area contributed by atoms with Crippen LogP contribution in [0.25, 0.3) is 0 Å². The molecule has 0 saturated heterocycles. The monoisotopic (exact) mass is 227 g/mol. The number of aryl methyl sites for hydroxylation is 1. The SMILES string of the molecule is CC.Cc1cnc(Cl)nc1NCC1CC1. The summed E-state index contributed by atoms with van der Waals surface area (Å²) in [7, 11) is 0. The number of aromatic nitrogens is 2.